The first-order valence-electron chi connectivity index (χ1n) is 30.6. The van der Waals surface area contributed by atoms with Gasteiger partial charge in [0.2, 0.25) is 0 Å². The summed E-state index contributed by atoms with van der Waals surface area (Å²) in [5, 5.41) is 4.63. The van der Waals surface area contributed by atoms with Gasteiger partial charge in [-0.15, -0.1) is 0 Å². The second-order valence-corrected chi connectivity index (χ2v) is 25.7. The van der Waals surface area contributed by atoms with Gasteiger partial charge in [-0.1, -0.05) is 92.5 Å². The molecule has 6 saturated heterocycles. The fourth-order valence-corrected chi connectivity index (χ4v) is 12.9. The van der Waals surface area contributed by atoms with Gasteiger partial charge in [-0.2, -0.15) is 10.1 Å². The van der Waals surface area contributed by atoms with E-state index in [2.05, 4.69) is 131 Å². The largest absolute Gasteiger partial charge is 0.491 e. The fourth-order valence-electron chi connectivity index (χ4n) is 12.9. The van der Waals surface area contributed by atoms with Crippen LogP contribution in [0, 0.1) is 22.7 Å². The minimum absolute atomic E-state index is 0.0545. The van der Waals surface area contributed by atoms with Crippen molar-refractivity contribution in [3.8, 4) is 11.5 Å². The summed E-state index contributed by atoms with van der Waals surface area (Å²) in [4.78, 5) is 14.1. The first kappa shape index (κ1) is 61.6. The highest BCUT2D eigenvalue weighted by Gasteiger charge is 2.65. The number of benzene rings is 2. The van der Waals surface area contributed by atoms with E-state index in [-0.39, 0.29) is 69.2 Å². The highest BCUT2D eigenvalue weighted by molar-refractivity contribution is 5.30. The number of nitrogens with zero attached hydrogens (tertiary/aromatic N) is 2. The van der Waals surface area contributed by atoms with Crippen LogP contribution in [0.1, 0.15) is 197 Å². The summed E-state index contributed by atoms with van der Waals surface area (Å²) in [6.45, 7) is 39.6. The molecule has 14 heteroatoms. The second-order valence-electron chi connectivity index (χ2n) is 25.7. The topological polar surface area (TPSA) is 124 Å². The van der Waals surface area contributed by atoms with Crippen molar-refractivity contribution in [3.05, 3.63) is 59.7 Å². The van der Waals surface area contributed by atoms with Crippen LogP contribution in [0.15, 0.2) is 48.5 Å². The Morgan fingerprint density at radius 2 is 0.846 bits per heavy atom. The Hall–Kier alpha value is -2.44. The van der Waals surface area contributed by atoms with Gasteiger partial charge in [0, 0.05) is 59.8 Å². The Kier molecular flexibility index (Phi) is 20.2. The van der Waals surface area contributed by atoms with E-state index in [0.717, 1.165) is 126 Å². The summed E-state index contributed by atoms with van der Waals surface area (Å²) in [6, 6.07) is 16.6. The number of piperidine rings is 2. The number of hydroxylamine groups is 4. The third kappa shape index (κ3) is 13.3. The van der Waals surface area contributed by atoms with Crippen molar-refractivity contribution in [1.29, 1.82) is 0 Å². The molecular formula is C64H104N2O12. The third-order valence-electron chi connectivity index (χ3n) is 20.3. The Morgan fingerprint density at radius 1 is 0.500 bits per heavy atom. The summed E-state index contributed by atoms with van der Waals surface area (Å²) < 4.78 is 63.6. The van der Waals surface area contributed by atoms with Crippen LogP contribution >= 0.6 is 0 Å². The van der Waals surface area contributed by atoms with Gasteiger partial charge < -0.3 is 47.4 Å². The van der Waals surface area contributed by atoms with E-state index in [1.54, 1.807) is 0 Å². The molecule has 0 amide bonds. The van der Waals surface area contributed by atoms with Crippen LogP contribution in [0.3, 0.4) is 0 Å². The predicted molar refractivity (Wildman–Crippen MR) is 303 cm³/mol. The van der Waals surface area contributed by atoms with Crippen LogP contribution in [0.4, 0.5) is 0 Å². The highest BCUT2D eigenvalue weighted by atomic mass is 16.7. The standard InChI is InChI=1S/C64H104N2O12/c1-15-57(11)39-63(49(9)59(13,17-3)65(57)77-47(7)51-25-29-53(30-26-51)69-35-55-37-71-55)73-43-61(19-5,44-74-63)41-67-33-23-21-22-24-34-68-42-62(20-6)45-75-64(76-46-62)40-58(12,16-2)66(60(14,18-4)50(64)10)78-48(8)52-27-31-54(32-28-52)70-36-56-38-72-56/h25-32,47-50,55-56H,15-24,33-46H2,1-14H3. The molecule has 0 saturated carbocycles. The molecule has 14 nitrogen and oxygen atoms in total. The number of ether oxygens (including phenoxy) is 10. The van der Waals surface area contributed by atoms with E-state index in [0.29, 0.717) is 52.9 Å². The molecule has 442 valence electrons. The van der Waals surface area contributed by atoms with Gasteiger partial charge in [-0.25, -0.2) is 0 Å². The summed E-state index contributed by atoms with van der Waals surface area (Å²) in [6.07, 6.45) is 11.3. The van der Waals surface area contributed by atoms with Crippen LogP contribution in [0.5, 0.6) is 11.5 Å². The van der Waals surface area contributed by atoms with Gasteiger partial charge in [0.1, 0.15) is 49.1 Å². The van der Waals surface area contributed by atoms with E-state index in [4.69, 9.17) is 57.0 Å². The lowest BCUT2D eigenvalue weighted by molar-refractivity contribution is -0.418. The molecule has 6 heterocycles. The van der Waals surface area contributed by atoms with Gasteiger partial charge in [-0.05, 0) is 128 Å². The maximum Gasteiger partial charge on any atom is 0.174 e. The maximum atomic E-state index is 7.06. The lowest BCUT2D eigenvalue weighted by atomic mass is 9.66. The monoisotopic (exact) mass is 1090 g/mol. The van der Waals surface area contributed by atoms with E-state index in [9.17, 15) is 0 Å². The molecule has 6 aliphatic heterocycles. The maximum absolute atomic E-state index is 7.06. The molecule has 10 unspecified atom stereocenters. The van der Waals surface area contributed by atoms with Gasteiger partial charge in [-0.3, -0.25) is 9.68 Å². The SMILES string of the molecule is CCC1(COCCCCCCOCC2(CC)COC3(CC(C)(CC)N(OC(C)c4ccc(OCC5CO5)cc4)C(C)(CC)C3C)OC2)COC2(CC(C)(CC)N(OC(C)c3ccc(OCC4CO4)cc3)C(C)(CC)C2C)OC1. The van der Waals surface area contributed by atoms with Gasteiger partial charge in [0.05, 0.1) is 63.9 Å². The number of epoxide rings is 2. The van der Waals surface area contributed by atoms with Crippen LogP contribution < -0.4 is 9.47 Å². The Bertz CT molecular complexity index is 2010. The molecule has 0 N–H and O–H groups in total. The summed E-state index contributed by atoms with van der Waals surface area (Å²) in [7, 11) is 0. The van der Waals surface area contributed by atoms with Crippen LogP contribution in [-0.4, -0.2) is 135 Å². The second kappa shape index (κ2) is 25.6. The molecule has 0 aliphatic carbocycles. The van der Waals surface area contributed by atoms with E-state index >= 15 is 0 Å². The lowest BCUT2D eigenvalue weighted by Gasteiger charge is -2.64. The minimum Gasteiger partial charge on any atom is -0.491 e. The molecule has 8 rings (SSSR count). The van der Waals surface area contributed by atoms with E-state index in [1.165, 1.54) is 0 Å². The average molecular weight is 1090 g/mol. The molecule has 2 spiro atoms. The van der Waals surface area contributed by atoms with Gasteiger partial charge in [0.25, 0.3) is 0 Å². The van der Waals surface area contributed by atoms with Crippen LogP contribution in [0.25, 0.3) is 0 Å². The van der Waals surface area contributed by atoms with Crippen molar-refractivity contribution in [2.75, 3.05) is 79.3 Å². The fraction of sp³-hybridized carbons (Fsp3) is 0.812. The number of hydrogen-bond donors (Lipinski definition) is 0. The van der Waals surface area contributed by atoms with Crippen molar-refractivity contribution in [2.24, 2.45) is 22.7 Å². The Morgan fingerprint density at radius 3 is 1.14 bits per heavy atom. The molecule has 6 fully saturated rings. The molecule has 0 bridgehead atoms. The molecular weight excluding hydrogens is 989 g/mol. The molecule has 10 atom stereocenters. The molecule has 78 heavy (non-hydrogen) atoms. The minimum atomic E-state index is -0.712. The third-order valence-corrected chi connectivity index (χ3v) is 20.3. The number of hydrogen-bond acceptors (Lipinski definition) is 14. The average Bonchev–Trinajstić information content (AvgIpc) is 4.43. The van der Waals surface area contributed by atoms with Crippen molar-refractivity contribution in [3.63, 3.8) is 0 Å². The first-order valence-corrected chi connectivity index (χ1v) is 30.6. The zero-order valence-corrected chi connectivity index (χ0v) is 50.8. The molecule has 2 aromatic carbocycles. The van der Waals surface area contributed by atoms with Crippen LogP contribution in [-0.2, 0) is 47.6 Å². The van der Waals surface area contributed by atoms with Crippen molar-refractivity contribution in [1.82, 2.24) is 10.1 Å². The normalized spacial score (nSPS) is 37.9. The Balaban J connectivity index is 0.746. The highest BCUT2D eigenvalue weighted by Crippen LogP contribution is 2.57. The van der Waals surface area contributed by atoms with Gasteiger partial charge in [0.15, 0.2) is 11.6 Å². The first-order chi connectivity index (χ1) is 37.3. The quantitative estimate of drug-likeness (QED) is 0.0567. The van der Waals surface area contributed by atoms with Crippen LogP contribution in [0.2, 0.25) is 0 Å². The lowest BCUT2D eigenvalue weighted by Crippen LogP contribution is -2.74. The van der Waals surface area contributed by atoms with Crippen molar-refractivity contribution >= 4 is 0 Å². The summed E-state index contributed by atoms with van der Waals surface area (Å²) in [5.41, 5.74) is 0.563. The van der Waals surface area contributed by atoms with E-state index in [1.807, 2.05) is 24.3 Å². The molecule has 2 aromatic rings. The van der Waals surface area contributed by atoms with E-state index < -0.39 is 11.6 Å². The van der Waals surface area contributed by atoms with Crippen molar-refractivity contribution < 1.29 is 57.0 Å². The van der Waals surface area contributed by atoms with Gasteiger partial charge >= 0.3 is 0 Å². The molecule has 0 aromatic heterocycles. The summed E-state index contributed by atoms with van der Waals surface area (Å²) in [5.74, 6) is 0.390. The zero-order chi connectivity index (χ0) is 56.0. The predicted octanol–water partition coefficient (Wildman–Crippen LogP) is 13.2. The van der Waals surface area contributed by atoms with Crippen molar-refractivity contribution in [2.45, 2.75) is 232 Å². The number of unbranched alkanes of at least 4 members (excludes halogenated alkanes) is 3. The number of rotatable bonds is 29. The summed E-state index contributed by atoms with van der Waals surface area (Å²) >= 11 is 0. The zero-order valence-electron chi connectivity index (χ0n) is 50.8. The Labute approximate surface area is 470 Å². The smallest absolute Gasteiger partial charge is 0.174 e. The molecule has 0 radical (unpaired) electrons. The molecule has 6 aliphatic rings.